The van der Waals surface area contributed by atoms with E-state index in [2.05, 4.69) is 56.1 Å². The summed E-state index contributed by atoms with van der Waals surface area (Å²) in [6, 6.07) is 0. The van der Waals surface area contributed by atoms with Crippen molar-refractivity contribution >= 4 is 11.3 Å². The van der Waals surface area contributed by atoms with E-state index in [0.29, 0.717) is 5.65 Å². The SMILES string of the molecule is CC(C)(C)c1cnc2ncn(C(C)(C)C)c2n1. The molecule has 0 radical (unpaired) electrons. The Morgan fingerprint density at radius 2 is 1.65 bits per heavy atom. The molecule has 0 saturated carbocycles. The van der Waals surface area contributed by atoms with Crippen LogP contribution in [0.25, 0.3) is 11.3 Å². The molecule has 0 amide bonds. The van der Waals surface area contributed by atoms with Crippen LogP contribution in [0, 0.1) is 0 Å². The second-order valence-electron chi connectivity index (χ2n) is 6.44. The van der Waals surface area contributed by atoms with Crippen LogP contribution in [0.3, 0.4) is 0 Å². The fourth-order valence-corrected chi connectivity index (χ4v) is 1.65. The first-order chi connectivity index (χ1) is 7.69. The third-order valence-electron chi connectivity index (χ3n) is 2.75. The molecule has 2 heterocycles. The van der Waals surface area contributed by atoms with Crippen LogP contribution in [0.15, 0.2) is 12.5 Å². The molecule has 0 aliphatic heterocycles. The molecule has 0 N–H and O–H groups in total. The van der Waals surface area contributed by atoms with E-state index in [1.165, 1.54) is 0 Å². The summed E-state index contributed by atoms with van der Waals surface area (Å²) in [6.07, 6.45) is 3.64. The fraction of sp³-hybridized carbons (Fsp3) is 0.615. The van der Waals surface area contributed by atoms with Crippen LogP contribution < -0.4 is 0 Å². The Bertz CT molecular complexity index is 541. The van der Waals surface area contributed by atoms with E-state index in [4.69, 9.17) is 4.98 Å². The average Bonchev–Trinajstić information content (AvgIpc) is 2.57. The molecule has 0 atom stereocenters. The summed E-state index contributed by atoms with van der Waals surface area (Å²) in [5, 5.41) is 0. The predicted octanol–water partition coefficient (Wildman–Crippen LogP) is 2.88. The minimum Gasteiger partial charge on any atom is -0.308 e. The van der Waals surface area contributed by atoms with Crippen LogP contribution in [-0.4, -0.2) is 19.5 Å². The van der Waals surface area contributed by atoms with Gasteiger partial charge >= 0.3 is 0 Å². The maximum Gasteiger partial charge on any atom is 0.197 e. The smallest absolute Gasteiger partial charge is 0.197 e. The molecule has 0 aromatic carbocycles. The highest BCUT2D eigenvalue weighted by atomic mass is 15.2. The molecule has 4 heteroatoms. The van der Waals surface area contributed by atoms with Crippen molar-refractivity contribution in [2.45, 2.75) is 52.5 Å². The van der Waals surface area contributed by atoms with Crippen LogP contribution >= 0.6 is 0 Å². The van der Waals surface area contributed by atoms with Gasteiger partial charge in [0, 0.05) is 11.0 Å². The Balaban J connectivity index is 2.67. The number of hydrogen-bond donors (Lipinski definition) is 0. The third kappa shape index (κ3) is 2.16. The van der Waals surface area contributed by atoms with E-state index in [1.54, 1.807) is 0 Å². The van der Waals surface area contributed by atoms with Gasteiger partial charge in [-0.1, -0.05) is 20.8 Å². The van der Waals surface area contributed by atoms with Crippen LogP contribution in [0.2, 0.25) is 0 Å². The van der Waals surface area contributed by atoms with Crippen molar-refractivity contribution in [2.24, 2.45) is 0 Å². The monoisotopic (exact) mass is 232 g/mol. The van der Waals surface area contributed by atoms with E-state index >= 15 is 0 Å². The Hall–Kier alpha value is -1.45. The molecule has 2 rings (SSSR count). The predicted molar refractivity (Wildman–Crippen MR) is 69.0 cm³/mol. The van der Waals surface area contributed by atoms with Crippen molar-refractivity contribution in [3.05, 3.63) is 18.2 Å². The molecular weight excluding hydrogens is 212 g/mol. The van der Waals surface area contributed by atoms with Crippen LogP contribution in [-0.2, 0) is 11.0 Å². The average molecular weight is 232 g/mol. The van der Waals surface area contributed by atoms with Crippen LogP contribution in [0.5, 0.6) is 0 Å². The minimum atomic E-state index is -0.0278. The zero-order valence-electron chi connectivity index (χ0n) is 11.4. The summed E-state index contributed by atoms with van der Waals surface area (Å²) in [5.41, 5.74) is 2.56. The van der Waals surface area contributed by atoms with Gasteiger partial charge in [-0.15, -0.1) is 0 Å². The standard InChI is InChI=1S/C13H20N4/c1-12(2,3)9-7-14-10-11(16-9)17(8-15-10)13(4,5)6/h7-8H,1-6H3. The van der Waals surface area contributed by atoms with Crippen molar-refractivity contribution in [3.8, 4) is 0 Å². The van der Waals surface area contributed by atoms with Crippen molar-refractivity contribution in [3.63, 3.8) is 0 Å². The van der Waals surface area contributed by atoms with Crippen molar-refractivity contribution in [1.29, 1.82) is 0 Å². The number of hydrogen-bond acceptors (Lipinski definition) is 3. The number of aromatic nitrogens is 4. The first-order valence-corrected chi connectivity index (χ1v) is 5.90. The van der Waals surface area contributed by atoms with Crippen molar-refractivity contribution < 1.29 is 0 Å². The lowest BCUT2D eigenvalue weighted by molar-refractivity contribution is 0.405. The van der Waals surface area contributed by atoms with Crippen molar-refractivity contribution in [2.75, 3.05) is 0 Å². The summed E-state index contributed by atoms with van der Waals surface area (Å²) in [5.74, 6) is 0. The van der Waals surface area contributed by atoms with Gasteiger partial charge in [0.1, 0.15) is 0 Å². The topological polar surface area (TPSA) is 43.6 Å². The molecule has 2 aromatic rings. The van der Waals surface area contributed by atoms with Crippen molar-refractivity contribution in [1.82, 2.24) is 19.5 Å². The van der Waals surface area contributed by atoms with E-state index in [1.807, 2.05) is 12.5 Å². The summed E-state index contributed by atoms with van der Waals surface area (Å²) in [4.78, 5) is 13.4. The lowest BCUT2D eigenvalue weighted by Gasteiger charge is -2.22. The number of nitrogens with zero attached hydrogens (tertiary/aromatic N) is 4. The number of rotatable bonds is 0. The zero-order valence-corrected chi connectivity index (χ0v) is 11.4. The first-order valence-electron chi connectivity index (χ1n) is 5.90. The molecule has 92 valence electrons. The highest BCUT2D eigenvalue weighted by Gasteiger charge is 2.21. The quantitative estimate of drug-likeness (QED) is 0.701. The summed E-state index contributed by atoms with van der Waals surface area (Å²) in [6.45, 7) is 12.8. The van der Waals surface area contributed by atoms with Crippen LogP contribution in [0.1, 0.15) is 47.2 Å². The minimum absolute atomic E-state index is 0.00811. The third-order valence-corrected chi connectivity index (χ3v) is 2.75. The highest BCUT2D eigenvalue weighted by Crippen LogP contribution is 2.23. The van der Waals surface area contributed by atoms with Gasteiger partial charge in [-0.3, -0.25) is 0 Å². The molecule has 0 fully saturated rings. The lowest BCUT2D eigenvalue weighted by atomic mass is 9.93. The van der Waals surface area contributed by atoms with E-state index in [0.717, 1.165) is 11.3 Å². The molecule has 0 aliphatic rings. The Morgan fingerprint density at radius 3 is 2.18 bits per heavy atom. The molecular formula is C13H20N4. The Labute approximate surface area is 102 Å². The van der Waals surface area contributed by atoms with Gasteiger partial charge in [0.2, 0.25) is 0 Å². The van der Waals surface area contributed by atoms with E-state index < -0.39 is 0 Å². The maximum atomic E-state index is 4.71. The summed E-state index contributed by atoms with van der Waals surface area (Å²) >= 11 is 0. The van der Waals surface area contributed by atoms with Gasteiger partial charge in [-0.2, -0.15) is 0 Å². The van der Waals surface area contributed by atoms with Gasteiger partial charge in [-0.25, -0.2) is 15.0 Å². The maximum absolute atomic E-state index is 4.71. The molecule has 4 nitrogen and oxygen atoms in total. The van der Waals surface area contributed by atoms with Gasteiger partial charge in [0.05, 0.1) is 18.2 Å². The second kappa shape index (κ2) is 3.52. The number of imidazole rings is 1. The second-order valence-corrected chi connectivity index (χ2v) is 6.44. The van der Waals surface area contributed by atoms with E-state index in [-0.39, 0.29) is 11.0 Å². The molecule has 0 aliphatic carbocycles. The van der Waals surface area contributed by atoms with Gasteiger partial charge in [-0.05, 0) is 20.8 Å². The first kappa shape index (κ1) is 12.0. The lowest BCUT2D eigenvalue weighted by Crippen LogP contribution is -2.22. The summed E-state index contributed by atoms with van der Waals surface area (Å²) in [7, 11) is 0. The fourth-order valence-electron chi connectivity index (χ4n) is 1.65. The molecule has 0 spiro atoms. The molecule has 17 heavy (non-hydrogen) atoms. The van der Waals surface area contributed by atoms with E-state index in [9.17, 15) is 0 Å². The molecule has 0 bridgehead atoms. The molecule has 0 unspecified atom stereocenters. The zero-order chi connectivity index (χ0) is 12.8. The largest absolute Gasteiger partial charge is 0.308 e. The summed E-state index contributed by atoms with van der Waals surface area (Å²) < 4.78 is 2.07. The van der Waals surface area contributed by atoms with Gasteiger partial charge in [0.25, 0.3) is 0 Å². The van der Waals surface area contributed by atoms with Gasteiger partial charge < -0.3 is 4.57 Å². The number of fused-ring (bicyclic) bond motifs is 1. The normalized spacial score (nSPS) is 13.3. The van der Waals surface area contributed by atoms with Gasteiger partial charge in [0.15, 0.2) is 11.3 Å². The van der Waals surface area contributed by atoms with Crippen LogP contribution in [0.4, 0.5) is 0 Å². The molecule has 2 aromatic heterocycles. The Morgan fingerprint density at radius 1 is 1.00 bits per heavy atom. The highest BCUT2D eigenvalue weighted by molar-refractivity contribution is 5.66. The Kier molecular flexibility index (Phi) is 2.49. The molecule has 0 saturated heterocycles.